The molecule has 7 heteroatoms. The smallest absolute Gasteiger partial charge is 0.254 e. The Kier molecular flexibility index (Phi) is 6.81. The molecule has 0 aliphatic heterocycles. The number of amides is 1. The summed E-state index contributed by atoms with van der Waals surface area (Å²) < 4.78 is 26.9. The first-order chi connectivity index (χ1) is 12.2. The summed E-state index contributed by atoms with van der Waals surface area (Å²) in [5.74, 6) is -0.159. The van der Waals surface area contributed by atoms with Crippen LogP contribution in [0.15, 0.2) is 53.4 Å². The van der Waals surface area contributed by atoms with E-state index in [1.807, 2.05) is 25.1 Å². The maximum absolute atomic E-state index is 12.7. The number of carbonyl (C=O) groups excluding carboxylic acids is 1. The van der Waals surface area contributed by atoms with Crippen LogP contribution in [0.2, 0.25) is 5.02 Å². The number of nitrogens with zero attached hydrogens (tertiary/aromatic N) is 1. The molecule has 0 unspecified atom stereocenters. The molecular formula is C19H23ClN2O3S. The van der Waals surface area contributed by atoms with Crippen LogP contribution >= 0.6 is 11.6 Å². The van der Waals surface area contributed by atoms with E-state index in [9.17, 15) is 13.2 Å². The van der Waals surface area contributed by atoms with Gasteiger partial charge in [0.05, 0.1) is 4.90 Å². The topological polar surface area (TPSA) is 66.5 Å². The highest BCUT2D eigenvalue weighted by Gasteiger charge is 2.18. The predicted molar refractivity (Wildman–Crippen MR) is 104 cm³/mol. The molecule has 26 heavy (non-hydrogen) atoms. The summed E-state index contributed by atoms with van der Waals surface area (Å²) in [5.41, 5.74) is 1.38. The molecule has 140 valence electrons. The monoisotopic (exact) mass is 394 g/mol. The summed E-state index contributed by atoms with van der Waals surface area (Å²) in [6, 6.07) is 13.1. The van der Waals surface area contributed by atoms with Gasteiger partial charge in [-0.3, -0.25) is 4.79 Å². The fourth-order valence-corrected chi connectivity index (χ4v) is 3.98. The van der Waals surface area contributed by atoms with Gasteiger partial charge < -0.3 is 4.90 Å². The third-order valence-corrected chi connectivity index (χ3v) is 5.64. The first kappa shape index (κ1) is 20.4. The normalized spacial score (nSPS) is 11.6. The highest BCUT2D eigenvalue weighted by atomic mass is 35.5. The third kappa shape index (κ3) is 5.30. The standard InChI is InChI=1S/C19H23ClN2O3S/c1-4-22(13-15-6-5-7-17(20)12-15)19(23)16-8-10-18(11-9-16)26(24,25)21-14(2)3/h5-12,14,21H,4,13H2,1-3H3. The Labute approximate surface area is 160 Å². The molecule has 0 aliphatic rings. The van der Waals surface area contributed by atoms with Crippen LogP contribution in [0.5, 0.6) is 0 Å². The van der Waals surface area contributed by atoms with Crippen molar-refractivity contribution >= 4 is 27.5 Å². The van der Waals surface area contributed by atoms with Crippen molar-refractivity contribution in [3.63, 3.8) is 0 Å². The van der Waals surface area contributed by atoms with Crippen molar-refractivity contribution in [2.75, 3.05) is 6.54 Å². The molecule has 0 aliphatic carbocycles. The Morgan fingerprint density at radius 2 is 1.81 bits per heavy atom. The summed E-state index contributed by atoms with van der Waals surface area (Å²) in [4.78, 5) is 14.6. The van der Waals surface area contributed by atoms with E-state index in [-0.39, 0.29) is 16.8 Å². The Morgan fingerprint density at radius 3 is 2.35 bits per heavy atom. The van der Waals surface area contributed by atoms with Crippen molar-refractivity contribution in [3.8, 4) is 0 Å². The molecule has 0 saturated heterocycles. The Hall–Kier alpha value is -1.89. The molecule has 0 radical (unpaired) electrons. The van der Waals surface area contributed by atoms with Gasteiger partial charge in [0.1, 0.15) is 0 Å². The second kappa shape index (κ2) is 8.66. The maximum atomic E-state index is 12.7. The number of sulfonamides is 1. The summed E-state index contributed by atoms with van der Waals surface area (Å²) in [5, 5.41) is 0.623. The molecule has 1 amide bonds. The van der Waals surface area contributed by atoms with Crippen molar-refractivity contribution in [2.24, 2.45) is 0 Å². The lowest BCUT2D eigenvalue weighted by molar-refractivity contribution is 0.0752. The molecular weight excluding hydrogens is 372 g/mol. The van der Waals surface area contributed by atoms with E-state index in [0.29, 0.717) is 23.7 Å². The fraction of sp³-hybridized carbons (Fsp3) is 0.316. The number of hydrogen-bond donors (Lipinski definition) is 1. The minimum Gasteiger partial charge on any atom is -0.335 e. The number of benzene rings is 2. The van der Waals surface area contributed by atoms with Crippen LogP contribution in [0.4, 0.5) is 0 Å². The highest BCUT2D eigenvalue weighted by molar-refractivity contribution is 7.89. The predicted octanol–water partition coefficient (Wildman–Crippen LogP) is 3.69. The van der Waals surface area contributed by atoms with E-state index in [0.717, 1.165) is 5.56 Å². The van der Waals surface area contributed by atoms with Crippen LogP contribution in [0.1, 0.15) is 36.7 Å². The Bertz CT molecular complexity index is 865. The molecule has 0 aromatic heterocycles. The molecule has 0 bridgehead atoms. The number of rotatable bonds is 7. The summed E-state index contributed by atoms with van der Waals surface area (Å²) in [6.45, 7) is 6.37. The van der Waals surface area contributed by atoms with E-state index < -0.39 is 10.0 Å². The van der Waals surface area contributed by atoms with Gasteiger partial charge in [0.2, 0.25) is 10.0 Å². The van der Waals surface area contributed by atoms with Crippen molar-refractivity contribution in [2.45, 2.75) is 38.3 Å². The zero-order valence-electron chi connectivity index (χ0n) is 15.1. The number of carbonyl (C=O) groups is 1. The van der Waals surface area contributed by atoms with E-state index in [1.54, 1.807) is 24.8 Å². The van der Waals surface area contributed by atoms with Crippen LogP contribution in [0.25, 0.3) is 0 Å². The van der Waals surface area contributed by atoms with Gasteiger partial charge in [-0.05, 0) is 62.7 Å². The average Bonchev–Trinajstić information content (AvgIpc) is 2.58. The van der Waals surface area contributed by atoms with Crippen molar-refractivity contribution in [1.82, 2.24) is 9.62 Å². The van der Waals surface area contributed by atoms with Crippen LogP contribution in [-0.4, -0.2) is 31.8 Å². The maximum Gasteiger partial charge on any atom is 0.254 e. The van der Waals surface area contributed by atoms with E-state index in [1.165, 1.54) is 24.3 Å². The van der Waals surface area contributed by atoms with E-state index in [2.05, 4.69) is 4.72 Å². The molecule has 0 fully saturated rings. The quantitative estimate of drug-likeness (QED) is 0.778. The zero-order valence-corrected chi connectivity index (χ0v) is 16.6. The summed E-state index contributed by atoms with van der Waals surface area (Å²) in [6.07, 6.45) is 0. The molecule has 0 spiro atoms. The summed E-state index contributed by atoms with van der Waals surface area (Å²) >= 11 is 6.00. The number of hydrogen-bond acceptors (Lipinski definition) is 3. The Morgan fingerprint density at radius 1 is 1.15 bits per heavy atom. The first-order valence-electron chi connectivity index (χ1n) is 8.39. The van der Waals surface area contributed by atoms with Crippen molar-refractivity contribution in [3.05, 3.63) is 64.7 Å². The second-order valence-electron chi connectivity index (χ2n) is 6.25. The van der Waals surface area contributed by atoms with Gasteiger partial charge >= 0.3 is 0 Å². The van der Waals surface area contributed by atoms with Gasteiger partial charge in [0.15, 0.2) is 0 Å². The SMILES string of the molecule is CCN(Cc1cccc(Cl)c1)C(=O)c1ccc(S(=O)(=O)NC(C)C)cc1. The molecule has 5 nitrogen and oxygen atoms in total. The van der Waals surface area contributed by atoms with Gasteiger partial charge in [0, 0.05) is 29.7 Å². The third-order valence-electron chi connectivity index (χ3n) is 3.73. The average molecular weight is 395 g/mol. The van der Waals surface area contributed by atoms with Gasteiger partial charge in [0.25, 0.3) is 5.91 Å². The fourth-order valence-electron chi connectivity index (χ4n) is 2.52. The molecule has 0 heterocycles. The Balaban J connectivity index is 2.17. The zero-order chi connectivity index (χ0) is 19.3. The number of nitrogens with one attached hydrogen (secondary N) is 1. The largest absolute Gasteiger partial charge is 0.335 e. The lowest BCUT2D eigenvalue weighted by Crippen LogP contribution is -2.31. The van der Waals surface area contributed by atoms with E-state index >= 15 is 0 Å². The molecule has 0 atom stereocenters. The molecule has 1 N–H and O–H groups in total. The molecule has 2 aromatic carbocycles. The second-order valence-corrected chi connectivity index (χ2v) is 8.40. The number of halogens is 1. The van der Waals surface area contributed by atoms with Gasteiger partial charge in [-0.2, -0.15) is 0 Å². The minimum atomic E-state index is -3.57. The van der Waals surface area contributed by atoms with Gasteiger partial charge in [-0.25, -0.2) is 13.1 Å². The van der Waals surface area contributed by atoms with Crippen LogP contribution in [0.3, 0.4) is 0 Å². The lowest BCUT2D eigenvalue weighted by Gasteiger charge is -2.21. The molecule has 2 aromatic rings. The minimum absolute atomic E-state index is 0.139. The van der Waals surface area contributed by atoms with Crippen molar-refractivity contribution in [1.29, 1.82) is 0 Å². The first-order valence-corrected chi connectivity index (χ1v) is 10.2. The van der Waals surface area contributed by atoms with Crippen LogP contribution in [-0.2, 0) is 16.6 Å². The van der Waals surface area contributed by atoms with Crippen molar-refractivity contribution < 1.29 is 13.2 Å². The summed E-state index contributed by atoms with van der Waals surface area (Å²) in [7, 11) is -3.57. The molecule has 2 rings (SSSR count). The van der Waals surface area contributed by atoms with Gasteiger partial charge in [-0.1, -0.05) is 23.7 Å². The highest BCUT2D eigenvalue weighted by Crippen LogP contribution is 2.16. The molecule has 0 saturated carbocycles. The van der Waals surface area contributed by atoms with Crippen LogP contribution in [0, 0.1) is 0 Å². The van der Waals surface area contributed by atoms with Crippen LogP contribution < -0.4 is 4.72 Å². The van der Waals surface area contributed by atoms with Gasteiger partial charge in [-0.15, -0.1) is 0 Å². The van der Waals surface area contributed by atoms with E-state index in [4.69, 9.17) is 11.6 Å². The lowest BCUT2D eigenvalue weighted by atomic mass is 10.1.